The third-order valence-electron chi connectivity index (χ3n) is 4.13. The number of carboxylic acids is 1. The van der Waals surface area contributed by atoms with E-state index in [0.29, 0.717) is 13.0 Å². The Morgan fingerprint density at radius 2 is 1.70 bits per heavy atom. The predicted octanol–water partition coefficient (Wildman–Crippen LogP) is 1.68. The molecule has 0 aromatic rings. The third-order valence-corrected chi connectivity index (χ3v) is 4.13. The Hall–Kier alpha value is -1.10. The maximum Gasteiger partial charge on any atom is 0.307 e. The number of amides is 1. The van der Waals surface area contributed by atoms with E-state index in [2.05, 4.69) is 4.90 Å². The summed E-state index contributed by atoms with van der Waals surface area (Å²) in [6.45, 7) is 4.29. The van der Waals surface area contributed by atoms with Crippen LogP contribution in [0.3, 0.4) is 0 Å². The summed E-state index contributed by atoms with van der Waals surface area (Å²) in [5.41, 5.74) is 0. The first kappa shape index (κ1) is 17.0. The Labute approximate surface area is 121 Å². The summed E-state index contributed by atoms with van der Waals surface area (Å²) in [7, 11) is 4.03. The van der Waals surface area contributed by atoms with Crippen molar-refractivity contribution >= 4 is 11.9 Å². The molecule has 0 bridgehead atoms. The normalized spacial score (nSPS) is 22.8. The zero-order chi connectivity index (χ0) is 15.1. The van der Waals surface area contributed by atoms with E-state index >= 15 is 0 Å². The van der Waals surface area contributed by atoms with Gasteiger partial charge in [-0.1, -0.05) is 12.8 Å². The highest BCUT2D eigenvalue weighted by atomic mass is 16.4. The van der Waals surface area contributed by atoms with Crippen LogP contribution in [0.2, 0.25) is 0 Å². The molecular formula is C15H28N2O3. The van der Waals surface area contributed by atoms with E-state index in [1.54, 1.807) is 0 Å². The quantitative estimate of drug-likeness (QED) is 0.772. The van der Waals surface area contributed by atoms with Crippen LogP contribution in [0.25, 0.3) is 0 Å². The average molecular weight is 284 g/mol. The lowest BCUT2D eigenvalue weighted by atomic mass is 9.78. The maximum absolute atomic E-state index is 12.6. The molecule has 0 aliphatic heterocycles. The van der Waals surface area contributed by atoms with E-state index in [9.17, 15) is 14.7 Å². The monoisotopic (exact) mass is 284 g/mol. The fraction of sp³-hybridized carbons (Fsp3) is 0.867. The van der Waals surface area contributed by atoms with Gasteiger partial charge in [-0.15, -0.1) is 0 Å². The second-order valence-electron chi connectivity index (χ2n) is 5.91. The standard InChI is InChI=1S/C15H28N2O3/c1-4-17(11-7-10-16(2)3)14(18)12-8-5-6-9-13(12)15(19)20/h12-13H,4-11H2,1-3H3,(H,19,20). The number of rotatable bonds is 7. The fourth-order valence-electron chi connectivity index (χ4n) is 2.96. The highest BCUT2D eigenvalue weighted by Gasteiger charge is 2.37. The van der Waals surface area contributed by atoms with Crippen LogP contribution in [0.1, 0.15) is 39.0 Å². The van der Waals surface area contributed by atoms with Gasteiger partial charge in [-0.3, -0.25) is 9.59 Å². The molecule has 5 nitrogen and oxygen atoms in total. The van der Waals surface area contributed by atoms with Crippen molar-refractivity contribution in [3.8, 4) is 0 Å². The maximum atomic E-state index is 12.6. The molecule has 0 radical (unpaired) electrons. The largest absolute Gasteiger partial charge is 0.481 e. The first-order valence-corrected chi connectivity index (χ1v) is 7.63. The van der Waals surface area contributed by atoms with Crippen molar-refractivity contribution in [3.05, 3.63) is 0 Å². The van der Waals surface area contributed by atoms with Crippen molar-refractivity contribution in [2.75, 3.05) is 33.7 Å². The van der Waals surface area contributed by atoms with E-state index < -0.39 is 11.9 Å². The number of hydrogen-bond donors (Lipinski definition) is 1. The summed E-state index contributed by atoms with van der Waals surface area (Å²) in [5, 5.41) is 9.28. The van der Waals surface area contributed by atoms with Crippen molar-refractivity contribution in [2.24, 2.45) is 11.8 Å². The molecule has 1 fully saturated rings. The minimum Gasteiger partial charge on any atom is -0.481 e. The second-order valence-corrected chi connectivity index (χ2v) is 5.91. The van der Waals surface area contributed by atoms with Gasteiger partial charge in [-0.05, 0) is 46.8 Å². The molecule has 20 heavy (non-hydrogen) atoms. The summed E-state index contributed by atoms with van der Waals surface area (Å²) in [6, 6.07) is 0. The fourth-order valence-corrected chi connectivity index (χ4v) is 2.96. The zero-order valence-corrected chi connectivity index (χ0v) is 13.0. The molecule has 116 valence electrons. The molecule has 1 aliphatic rings. The molecule has 0 saturated heterocycles. The van der Waals surface area contributed by atoms with Crippen LogP contribution in [-0.4, -0.2) is 60.5 Å². The van der Waals surface area contributed by atoms with Gasteiger partial charge in [0.25, 0.3) is 0 Å². The summed E-state index contributed by atoms with van der Waals surface area (Å²) in [5.74, 6) is -1.58. The van der Waals surface area contributed by atoms with E-state index in [0.717, 1.165) is 38.8 Å². The first-order chi connectivity index (χ1) is 9.47. The van der Waals surface area contributed by atoms with Gasteiger partial charge in [-0.2, -0.15) is 0 Å². The van der Waals surface area contributed by atoms with Crippen molar-refractivity contribution in [1.29, 1.82) is 0 Å². The van der Waals surface area contributed by atoms with Gasteiger partial charge in [0.1, 0.15) is 0 Å². The van der Waals surface area contributed by atoms with Crippen molar-refractivity contribution in [3.63, 3.8) is 0 Å². The molecule has 5 heteroatoms. The number of nitrogens with zero attached hydrogens (tertiary/aromatic N) is 2. The Morgan fingerprint density at radius 3 is 2.20 bits per heavy atom. The van der Waals surface area contributed by atoms with E-state index in [4.69, 9.17) is 0 Å². The minimum absolute atomic E-state index is 0.0401. The number of aliphatic carboxylic acids is 1. The zero-order valence-electron chi connectivity index (χ0n) is 13.0. The van der Waals surface area contributed by atoms with Crippen LogP contribution in [0.5, 0.6) is 0 Å². The predicted molar refractivity (Wildman–Crippen MR) is 78.5 cm³/mol. The first-order valence-electron chi connectivity index (χ1n) is 7.63. The van der Waals surface area contributed by atoms with Crippen molar-refractivity contribution in [1.82, 2.24) is 9.80 Å². The van der Waals surface area contributed by atoms with Gasteiger partial charge in [0.05, 0.1) is 11.8 Å². The molecule has 2 unspecified atom stereocenters. The number of carbonyl (C=O) groups excluding carboxylic acids is 1. The van der Waals surface area contributed by atoms with E-state index in [1.807, 2.05) is 25.9 Å². The van der Waals surface area contributed by atoms with Crippen LogP contribution in [0, 0.1) is 11.8 Å². The summed E-state index contributed by atoms with van der Waals surface area (Å²) < 4.78 is 0. The molecule has 2 atom stereocenters. The number of carbonyl (C=O) groups is 2. The molecule has 1 N–H and O–H groups in total. The Morgan fingerprint density at radius 1 is 1.10 bits per heavy atom. The van der Waals surface area contributed by atoms with Gasteiger partial charge in [0.2, 0.25) is 5.91 Å². The lowest BCUT2D eigenvalue weighted by Gasteiger charge is -2.32. The van der Waals surface area contributed by atoms with Crippen LogP contribution in [0.15, 0.2) is 0 Å². The SMILES string of the molecule is CCN(CCCN(C)C)C(=O)C1CCCCC1C(=O)O. The Bertz CT molecular complexity index is 331. The van der Waals surface area contributed by atoms with E-state index in [-0.39, 0.29) is 11.8 Å². The van der Waals surface area contributed by atoms with Crippen molar-refractivity contribution < 1.29 is 14.7 Å². The molecule has 0 spiro atoms. The summed E-state index contributed by atoms with van der Waals surface area (Å²) in [6.07, 6.45) is 4.18. The summed E-state index contributed by atoms with van der Waals surface area (Å²) >= 11 is 0. The molecule has 1 amide bonds. The Balaban J connectivity index is 2.61. The molecule has 1 aliphatic carbocycles. The van der Waals surface area contributed by atoms with Crippen LogP contribution in [-0.2, 0) is 9.59 Å². The van der Waals surface area contributed by atoms with Gasteiger partial charge < -0.3 is 14.9 Å². The number of hydrogen-bond acceptors (Lipinski definition) is 3. The van der Waals surface area contributed by atoms with Gasteiger partial charge >= 0.3 is 5.97 Å². The molecule has 0 aromatic heterocycles. The molecule has 1 rings (SSSR count). The molecule has 0 aromatic carbocycles. The van der Waals surface area contributed by atoms with E-state index in [1.165, 1.54) is 0 Å². The topological polar surface area (TPSA) is 60.9 Å². The number of carboxylic acid groups (broad SMARTS) is 1. The van der Waals surface area contributed by atoms with Crippen molar-refractivity contribution in [2.45, 2.75) is 39.0 Å². The van der Waals surface area contributed by atoms with Gasteiger partial charge in [0, 0.05) is 13.1 Å². The molecule has 1 saturated carbocycles. The van der Waals surface area contributed by atoms with Gasteiger partial charge in [0.15, 0.2) is 0 Å². The highest BCUT2D eigenvalue weighted by Crippen LogP contribution is 2.31. The smallest absolute Gasteiger partial charge is 0.307 e. The molecule has 0 heterocycles. The Kier molecular flexibility index (Phi) is 6.99. The highest BCUT2D eigenvalue weighted by molar-refractivity contribution is 5.85. The van der Waals surface area contributed by atoms with Crippen LogP contribution < -0.4 is 0 Å². The molecular weight excluding hydrogens is 256 g/mol. The lowest BCUT2D eigenvalue weighted by molar-refractivity contribution is -0.152. The van der Waals surface area contributed by atoms with Gasteiger partial charge in [-0.25, -0.2) is 0 Å². The van der Waals surface area contributed by atoms with Crippen LogP contribution in [0.4, 0.5) is 0 Å². The average Bonchev–Trinajstić information content (AvgIpc) is 2.42. The lowest BCUT2D eigenvalue weighted by Crippen LogP contribution is -2.43. The van der Waals surface area contributed by atoms with Crippen LogP contribution >= 0.6 is 0 Å². The minimum atomic E-state index is -0.813. The second kappa shape index (κ2) is 8.25. The third kappa shape index (κ3) is 4.78. The summed E-state index contributed by atoms with van der Waals surface area (Å²) in [4.78, 5) is 27.8.